The van der Waals surface area contributed by atoms with E-state index in [0.29, 0.717) is 12.8 Å². The van der Waals surface area contributed by atoms with E-state index in [4.69, 9.17) is 9.47 Å². The van der Waals surface area contributed by atoms with E-state index in [1.54, 1.807) is 14.0 Å². The van der Waals surface area contributed by atoms with E-state index in [1.807, 2.05) is 61.5 Å². The summed E-state index contributed by atoms with van der Waals surface area (Å²) in [7, 11) is 1.63. The van der Waals surface area contributed by atoms with Gasteiger partial charge in [-0.25, -0.2) is 0 Å². The Morgan fingerprint density at radius 2 is 1.65 bits per heavy atom. The smallest absolute Gasteiger partial charge is 0.323 e. The van der Waals surface area contributed by atoms with Gasteiger partial charge in [0.25, 0.3) is 0 Å². The third-order valence-electron chi connectivity index (χ3n) is 4.57. The normalized spacial score (nSPS) is 13.9. The first-order chi connectivity index (χ1) is 12.5. The van der Waals surface area contributed by atoms with Crippen molar-refractivity contribution in [1.82, 2.24) is 0 Å². The number of esters is 1. The Balaban J connectivity index is 2.35. The third kappa shape index (κ3) is 4.86. The van der Waals surface area contributed by atoms with Crippen molar-refractivity contribution in [3.8, 4) is 11.8 Å². The molecule has 0 aliphatic rings. The zero-order valence-electron chi connectivity index (χ0n) is 15.6. The van der Waals surface area contributed by atoms with Gasteiger partial charge in [-0.2, -0.15) is 5.26 Å². The first-order valence-corrected chi connectivity index (χ1v) is 8.75. The topological polar surface area (TPSA) is 59.3 Å². The molecule has 0 spiro atoms. The van der Waals surface area contributed by atoms with Crippen LogP contribution >= 0.6 is 0 Å². The molecule has 0 N–H and O–H groups in total. The Kier molecular flexibility index (Phi) is 6.80. The van der Waals surface area contributed by atoms with Gasteiger partial charge in [0.2, 0.25) is 0 Å². The molecule has 4 heteroatoms. The fraction of sp³-hybridized carbons (Fsp3) is 0.364. The molecular weight excluding hydrogens is 326 g/mol. The van der Waals surface area contributed by atoms with Crippen LogP contribution in [0.5, 0.6) is 5.75 Å². The molecule has 0 aromatic heterocycles. The van der Waals surface area contributed by atoms with E-state index in [9.17, 15) is 10.1 Å². The van der Waals surface area contributed by atoms with E-state index in [2.05, 4.69) is 6.07 Å². The van der Waals surface area contributed by atoms with Crippen LogP contribution in [0.2, 0.25) is 0 Å². The number of carbonyl (C=O) groups is 1. The number of hydrogen-bond donors (Lipinski definition) is 0. The van der Waals surface area contributed by atoms with Crippen LogP contribution in [0.15, 0.2) is 54.6 Å². The summed E-state index contributed by atoms with van der Waals surface area (Å²) >= 11 is 0. The molecule has 26 heavy (non-hydrogen) atoms. The number of rotatable bonds is 8. The summed E-state index contributed by atoms with van der Waals surface area (Å²) in [6.07, 6.45) is 1.19. The Morgan fingerprint density at radius 3 is 2.15 bits per heavy atom. The Hall–Kier alpha value is -2.80. The monoisotopic (exact) mass is 351 g/mol. The molecule has 0 saturated carbocycles. The maximum Gasteiger partial charge on any atom is 0.323 e. The summed E-state index contributed by atoms with van der Waals surface area (Å²) in [6, 6.07) is 19.9. The molecule has 0 radical (unpaired) electrons. The predicted molar refractivity (Wildman–Crippen MR) is 101 cm³/mol. The molecule has 0 aliphatic heterocycles. The molecule has 0 aliphatic carbocycles. The first kappa shape index (κ1) is 19.5. The highest BCUT2D eigenvalue weighted by molar-refractivity contribution is 5.76. The lowest BCUT2D eigenvalue weighted by molar-refractivity contribution is -0.149. The van der Waals surface area contributed by atoms with Gasteiger partial charge in [-0.1, -0.05) is 49.4 Å². The largest absolute Gasteiger partial charge is 0.497 e. The number of ether oxygens (including phenoxy) is 2. The van der Waals surface area contributed by atoms with Crippen molar-refractivity contribution in [1.29, 1.82) is 5.26 Å². The van der Waals surface area contributed by atoms with Crippen molar-refractivity contribution < 1.29 is 14.3 Å². The van der Waals surface area contributed by atoms with Crippen molar-refractivity contribution in [2.24, 2.45) is 11.3 Å². The predicted octanol–water partition coefficient (Wildman–Crippen LogP) is 4.19. The summed E-state index contributed by atoms with van der Waals surface area (Å²) in [5.74, 6) is -0.521. The Morgan fingerprint density at radius 1 is 1.08 bits per heavy atom. The van der Waals surface area contributed by atoms with Crippen LogP contribution in [0.25, 0.3) is 0 Å². The van der Waals surface area contributed by atoms with Gasteiger partial charge in [-0.05, 0) is 43.0 Å². The maximum absolute atomic E-state index is 12.4. The Labute approximate surface area is 155 Å². The summed E-state index contributed by atoms with van der Waals surface area (Å²) < 4.78 is 10.4. The number of methoxy groups -OCH3 is 1. The second-order valence-corrected chi connectivity index (χ2v) is 6.66. The standard InChI is InChI=1S/C22H25NO3/c1-4-26-21(24)20(16-23)22(2,14-17-8-6-5-7-9-17)15-18-10-12-19(25-3)13-11-18/h5-13,20H,4,14-15H2,1-3H3. The lowest BCUT2D eigenvalue weighted by Gasteiger charge is -2.33. The first-order valence-electron chi connectivity index (χ1n) is 8.75. The number of hydrogen-bond acceptors (Lipinski definition) is 4. The summed E-state index contributed by atoms with van der Waals surface area (Å²) in [5.41, 5.74) is 1.55. The highest BCUT2D eigenvalue weighted by Crippen LogP contribution is 2.36. The van der Waals surface area contributed by atoms with Crippen LogP contribution < -0.4 is 4.74 Å². The number of carbonyl (C=O) groups excluding carboxylic acids is 1. The molecule has 2 aromatic rings. The second-order valence-electron chi connectivity index (χ2n) is 6.66. The molecule has 2 rings (SSSR count). The number of nitrogens with zero attached hydrogens (tertiary/aromatic N) is 1. The SMILES string of the molecule is CCOC(=O)C(C#N)C(C)(Cc1ccccc1)Cc1ccc(OC)cc1. The van der Waals surface area contributed by atoms with Crippen molar-refractivity contribution in [2.45, 2.75) is 26.7 Å². The fourth-order valence-corrected chi connectivity index (χ4v) is 3.26. The van der Waals surface area contributed by atoms with Gasteiger partial charge in [0.05, 0.1) is 19.8 Å². The minimum atomic E-state index is -0.843. The van der Waals surface area contributed by atoms with Crippen molar-refractivity contribution in [3.05, 3.63) is 65.7 Å². The van der Waals surface area contributed by atoms with Crippen molar-refractivity contribution in [2.75, 3.05) is 13.7 Å². The minimum absolute atomic E-state index is 0.265. The molecule has 2 atom stereocenters. The van der Waals surface area contributed by atoms with Crippen LogP contribution in [-0.4, -0.2) is 19.7 Å². The van der Waals surface area contributed by atoms with Crippen molar-refractivity contribution >= 4 is 5.97 Å². The van der Waals surface area contributed by atoms with Gasteiger partial charge >= 0.3 is 5.97 Å². The fourth-order valence-electron chi connectivity index (χ4n) is 3.26. The number of benzene rings is 2. The van der Waals surface area contributed by atoms with Gasteiger partial charge in [-0.15, -0.1) is 0 Å². The third-order valence-corrected chi connectivity index (χ3v) is 4.57. The van der Waals surface area contributed by atoms with Gasteiger partial charge < -0.3 is 9.47 Å². The lowest BCUT2D eigenvalue weighted by Crippen LogP contribution is -2.37. The zero-order chi connectivity index (χ0) is 19.0. The van der Waals surface area contributed by atoms with Gasteiger partial charge in [0.15, 0.2) is 0 Å². The summed E-state index contributed by atoms with van der Waals surface area (Å²) in [5, 5.41) is 9.73. The van der Waals surface area contributed by atoms with Gasteiger partial charge in [0.1, 0.15) is 11.7 Å². The molecule has 0 bridgehead atoms. The van der Waals surface area contributed by atoms with Crippen LogP contribution in [0.1, 0.15) is 25.0 Å². The molecule has 0 saturated heterocycles. The van der Waals surface area contributed by atoms with E-state index >= 15 is 0 Å². The molecule has 0 fully saturated rings. The highest BCUT2D eigenvalue weighted by atomic mass is 16.5. The number of nitriles is 1. The molecule has 136 valence electrons. The lowest BCUT2D eigenvalue weighted by atomic mass is 9.69. The van der Waals surface area contributed by atoms with E-state index < -0.39 is 17.3 Å². The molecular formula is C22H25NO3. The molecule has 2 aromatic carbocycles. The van der Waals surface area contributed by atoms with Gasteiger partial charge in [0, 0.05) is 5.41 Å². The van der Waals surface area contributed by atoms with E-state index in [1.165, 1.54) is 0 Å². The van der Waals surface area contributed by atoms with E-state index in [0.717, 1.165) is 16.9 Å². The summed E-state index contributed by atoms with van der Waals surface area (Å²) in [6.45, 7) is 4.00. The molecule has 0 amide bonds. The quantitative estimate of drug-likeness (QED) is 0.669. The molecule has 2 unspecified atom stereocenters. The maximum atomic E-state index is 12.4. The van der Waals surface area contributed by atoms with Crippen LogP contribution in [-0.2, 0) is 22.4 Å². The van der Waals surface area contributed by atoms with Crippen LogP contribution in [0.4, 0.5) is 0 Å². The summed E-state index contributed by atoms with van der Waals surface area (Å²) in [4.78, 5) is 12.4. The van der Waals surface area contributed by atoms with E-state index in [-0.39, 0.29) is 6.61 Å². The minimum Gasteiger partial charge on any atom is -0.497 e. The van der Waals surface area contributed by atoms with Gasteiger partial charge in [-0.3, -0.25) is 4.79 Å². The van der Waals surface area contributed by atoms with Crippen LogP contribution in [0, 0.1) is 22.7 Å². The highest BCUT2D eigenvalue weighted by Gasteiger charge is 2.40. The average Bonchev–Trinajstić information content (AvgIpc) is 2.63. The zero-order valence-corrected chi connectivity index (χ0v) is 15.6. The van der Waals surface area contributed by atoms with Crippen LogP contribution in [0.3, 0.4) is 0 Å². The van der Waals surface area contributed by atoms with Crippen molar-refractivity contribution in [3.63, 3.8) is 0 Å². The Bertz CT molecular complexity index is 749. The second kappa shape index (κ2) is 9.05. The average molecular weight is 351 g/mol. The molecule has 0 heterocycles. The molecule has 4 nitrogen and oxygen atoms in total.